The third-order valence-corrected chi connectivity index (χ3v) is 3.23. The Morgan fingerprint density at radius 2 is 1.68 bits per heavy atom. The van der Waals surface area contributed by atoms with Crippen molar-refractivity contribution in [2.75, 3.05) is 0 Å². The van der Waals surface area contributed by atoms with Gasteiger partial charge in [0.1, 0.15) is 11.6 Å². The second-order valence-electron chi connectivity index (χ2n) is 4.87. The summed E-state index contributed by atoms with van der Waals surface area (Å²) in [6, 6.07) is 14.9. The summed E-state index contributed by atoms with van der Waals surface area (Å²) in [6.07, 6.45) is 0. The lowest BCUT2D eigenvalue weighted by Crippen LogP contribution is -2.03. The summed E-state index contributed by atoms with van der Waals surface area (Å²) in [7, 11) is 0. The molecule has 0 aliphatic carbocycles. The molecule has 1 aromatic heterocycles. The number of para-hydroxylation sites is 2. The van der Waals surface area contributed by atoms with Crippen LogP contribution in [0.25, 0.3) is 22.4 Å². The van der Waals surface area contributed by atoms with Crippen molar-refractivity contribution in [2.45, 2.75) is 19.9 Å². The van der Waals surface area contributed by atoms with E-state index in [-0.39, 0.29) is 11.9 Å². The van der Waals surface area contributed by atoms with Crippen LogP contribution in [0.3, 0.4) is 0 Å². The molecule has 0 aliphatic heterocycles. The Labute approximate surface area is 111 Å². The van der Waals surface area contributed by atoms with Crippen LogP contribution in [0.15, 0.2) is 48.5 Å². The molecule has 2 aromatic carbocycles. The van der Waals surface area contributed by atoms with Crippen LogP contribution in [-0.2, 0) is 0 Å². The second-order valence-corrected chi connectivity index (χ2v) is 4.87. The lowest BCUT2D eigenvalue weighted by molar-refractivity contribution is 0.607. The van der Waals surface area contributed by atoms with Crippen molar-refractivity contribution in [1.29, 1.82) is 0 Å². The van der Waals surface area contributed by atoms with Crippen LogP contribution in [0.1, 0.15) is 19.9 Å². The average Bonchev–Trinajstić information content (AvgIpc) is 2.78. The van der Waals surface area contributed by atoms with Crippen molar-refractivity contribution in [3.05, 3.63) is 54.3 Å². The number of aromatic nitrogens is 2. The fraction of sp³-hybridized carbons (Fsp3) is 0.188. The van der Waals surface area contributed by atoms with Crippen molar-refractivity contribution < 1.29 is 4.39 Å². The molecule has 3 heteroatoms. The maximum atomic E-state index is 14.0. The lowest BCUT2D eigenvalue weighted by Gasteiger charge is -2.13. The predicted molar refractivity (Wildman–Crippen MR) is 75.5 cm³/mol. The van der Waals surface area contributed by atoms with E-state index in [9.17, 15) is 4.39 Å². The van der Waals surface area contributed by atoms with Gasteiger partial charge in [0.25, 0.3) is 0 Å². The second kappa shape index (κ2) is 4.50. The van der Waals surface area contributed by atoms with E-state index in [4.69, 9.17) is 0 Å². The van der Waals surface area contributed by atoms with Crippen LogP contribution in [0.5, 0.6) is 0 Å². The fourth-order valence-corrected chi connectivity index (χ4v) is 2.40. The summed E-state index contributed by atoms with van der Waals surface area (Å²) < 4.78 is 16.1. The normalized spacial score (nSPS) is 11.4. The van der Waals surface area contributed by atoms with Crippen LogP contribution < -0.4 is 0 Å². The zero-order chi connectivity index (χ0) is 13.4. The molecule has 19 heavy (non-hydrogen) atoms. The maximum Gasteiger partial charge on any atom is 0.144 e. The largest absolute Gasteiger partial charge is 0.321 e. The summed E-state index contributed by atoms with van der Waals surface area (Å²) in [5.41, 5.74) is 2.48. The van der Waals surface area contributed by atoms with Gasteiger partial charge >= 0.3 is 0 Å². The Morgan fingerprint density at radius 1 is 1.00 bits per heavy atom. The zero-order valence-electron chi connectivity index (χ0n) is 11.0. The maximum absolute atomic E-state index is 14.0. The van der Waals surface area contributed by atoms with E-state index in [1.807, 2.05) is 30.3 Å². The van der Waals surface area contributed by atoms with Crippen molar-refractivity contribution in [3.8, 4) is 11.4 Å². The Morgan fingerprint density at radius 3 is 2.42 bits per heavy atom. The van der Waals surface area contributed by atoms with E-state index in [0.717, 1.165) is 11.0 Å². The molecule has 0 unspecified atom stereocenters. The molecule has 0 fully saturated rings. The molecule has 3 aromatic rings. The minimum atomic E-state index is -0.236. The molecule has 0 aliphatic rings. The van der Waals surface area contributed by atoms with Crippen molar-refractivity contribution in [1.82, 2.24) is 9.55 Å². The third-order valence-electron chi connectivity index (χ3n) is 3.23. The Balaban J connectivity index is 2.35. The fourth-order valence-electron chi connectivity index (χ4n) is 2.40. The van der Waals surface area contributed by atoms with Gasteiger partial charge in [-0.05, 0) is 38.1 Å². The molecule has 0 radical (unpaired) electrons. The van der Waals surface area contributed by atoms with Crippen molar-refractivity contribution in [3.63, 3.8) is 0 Å². The van der Waals surface area contributed by atoms with Crippen LogP contribution >= 0.6 is 0 Å². The summed E-state index contributed by atoms with van der Waals surface area (Å²) in [5.74, 6) is 0.453. The molecular weight excluding hydrogens is 239 g/mol. The van der Waals surface area contributed by atoms with Gasteiger partial charge in [-0.15, -0.1) is 0 Å². The monoisotopic (exact) mass is 254 g/mol. The summed E-state index contributed by atoms with van der Waals surface area (Å²) in [4.78, 5) is 4.59. The molecule has 0 spiro atoms. The minimum absolute atomic E-state index is 0.224. The molecule has 0 bridgehead atoms. The van der Waals surface area contributed by atoms with Crippen LogP contribution in [0.4, 0.5) is 4.39 Å². The molecule has 1 heterocycles. The van der Waals surface area contributed by atoms with Gasteiger partial charge in [0.2, 0.25) is 0 Å². The highest BCUT2D eigenvalue weighted by molar-refractivity contribution is 5.80. The van der Waals surface area contributed by atoms with Gasteiger partial charge in [0.15, 0.2) is 0 Å². The molecule has 0 amide bonds. The first-order chi connectivity index (χ1) is 9.18. The smallest absolute Gasteiger partial charge is 0.144 e. The van der Waals surface area contributed by atoms with Gasteiger partial charge in [0.05, 0.1) is 16.6 Å². The molecule has 2 nitrogen and oxygen atoms in total. The first-order valence-electron chi connectivity index (χ1n) is 6.40. The highest BCUT2D eigenvalue weighted by Gasteiger charge is 2.16. The molecule has 0 saturated heterocycles. The van der Waals surface area contributed by atoms with Crippen LogP contribution in [-0.4, -0.2) is 9.55 Å². The number of hydrogen-bond donors (Lipinski definition) is 0. The van der Waals surface area contributed by atoms with Gasteiger partial charge in [-0.1, -0.05) is 24.3 Å². The van der Waals surface area contributed by atoms with Gasteiger partial charge < -0.3 is 4.57 Å². The van der Waals surface area contributed by atoms with Crippen LogP contribution in [0, 0.1) is 5.82 Å². The number of fused-ring (bicyclic) bond motifs is 1. The predicted octanol–water partition coefficient (Wildman–Crippen LogP) is 4.42. The first-order valence-corrected chi connectivity index (χ1v) is 6.40. The van der Waals surface area contributed by atoms with Crippen LogP contribution in [0.2, 0.25) is 0 Å². The minimum Gasteiger partial charge on any atom is -0.321 e. The first kappa shape index (κ1) is 11.9. The van der Waals surface area contributed by atoms with E-state index < -0.39 is 0 Å². The number of nitrogens with zero attached hydrogens (tertiary/aromatic N) is 2. The molecule has 3 rings (SSSR count). The van der Waals surface area contributed by atoms with Crippen molar-refractivity contribution in [2.24, 2.45) is 0 Å². The molecular formula is C16H15FN2. The molecule has 0 N–H and O–H groups in total. The quantitative estimate of drug-likeness (QED) is 0.661. The van der Waals surface area contributed by atoms with Crippen molar-refractivity contribution >= 4 is 11.0 Å². The highest BCUT2D eigenvalue weighted by Crippen LogP contribution is 2.29. The van der Waals surface area contributed by atoms with Gasteiger partial charge in [0, 0.05) is 6.04 Å². The SMILES string of the molecule is CC(C)n1c(-c2ccccc2F)nc2ccccc21. The number of hydrogen-bond acceptors (Lipinski definition) is 1. The third kappa shape index (κ3) is 1.91. The Kier molecular flexibility index (Phi) is 2.82. The van der Waals surface area contributed by atoms with E-state index in [1.54, 1.807) is 12.1 Å². The topological polar surface area (TPSA) is 17.8 Å². The summed E-state index contributed by atoms with van der Waals surface area (Å²) in [5, 5.41) is 0. The van der Waals surface area contributed by atoms with E-state index >= 15 is 0 Å². The van der Waals surface area contributed by atoms with E-state index in [0.29, 0.717) is 11.4 Å². The van der Waals surface area contributed by atoms with Gasteiger partial charge in [-0.2, -0.15) is 0 Å². The highest BCUT2D eigenvalue weighted by atomic mass is 19.1. The molecule has 0 atom stereocenters. The zero-order valence-corrected chi connectivity index (χ0v) is 11.0. The lowest BCUT2D eigenvalue weighted by atomic mass is 10.2. The Hall–Kier alpha value is -2.16. The average molecular weight is 254 g/mol. The number of benzene rings is 2. The number of rotatable bonds is 2. The molecule has 96 valence electrons. The Bertz CT molecular complexity index is 728. The summed E-state index contributed by atoms with van der Waals surface area (Å²) >= 11 is 0. The summed E-state index contributed by atoms with van der Waals surface area (Å²) in [6.45, 7) is 4.16. The van der Waals surface area contributed by atoms with E-state index in [2.05, 4.69) is 23.4 Å². The van der Waals surface area contributed by atoms with Gasteiger partial charge in [-0.25, -0.2) is 9.37 Å². The van der Waals surface area contributed by atoms with Gasteiger partial charge in [-0.3, -0.25) is 0 Å². The number of halogens is 1. The molecule has 0 saturated carbocycles. The van der Waals surface area contributed by atoms with E-state index in [1.165, 1.54) is 6.07 Å². The standard InChI is InChI=1S/C16H15FN2/c1-11(2)19-15-10-6-5-9-14(15)18-16(19)12-7-3-4-8-13(12)17/h3-11H,1-2H3. The number of imidazole rings is 1.